The van der Waals surface area contributed by atoms with Crippen molar-refractivity contribution in [3.05, 3.63) is 66.3 Å². The summed E-state index contributed by atoms with van der Waals surface area (Å²) in [6.45, 7) is 7.28. The molecule has 0 bridgehead atoms. The maximum Gasteiger partial charge on any atom is 0.201 e. The lowest BCUT2D eigenvalue weighted by Crippen LogP contribution is -2.25. The van der Waals surface area contributed by atoms with E-state index in [-0.39, 0.29) is 40.4 Å². The van der Waals surface area contributed by atoms with Gasteiger partial charge in [0.25, 0.3) is 0 Å². The van der Waals surface area contributed by atoms with Crippen LogP contribution in [0.3, 0.4) is 0 Å². The van der Waals surface area contributed by atoms with Gasteiger partial charge >= 0.3 is 0 Å². The van der Waals surface area contributed by atoms with Crippen molar-refractivity contribution in [2.24, 2.45) is 17.8 Å². The number of fused-ring (bicyclic) bond motifs is 3. The molecule has 6 heteroatoms. The van der Waals surface area contributed by atoms with E-state index in [1.165, 1.54) is 50.3 Å². The standard InChI is InChI=1S/C31H34F4O2/c1-3-5-6-18-7-9-19(10-8-18)20-11-13-21(14-12-20)22-16-23-26(30(34)28(22)32)27-24(37-23)17-25(36-15-4-2)29(33)31(27)35/h3-4,16-21H,1-2,5-15H2. The summed E-state index contributed by atoms with van der Waals surface area (Å²) in [5.74, 6) is -3.10. The van der Waals surface area contributed by atoms with E-state index in [0.29, 0.717) is 5.92 Å². The number of rotatable bonds is 8. The average molecular weight is 515 g/mol. The summed E-state index contributed by atoms with van der Waals surface area (Å²) in [7, 11) is 0. The number of hydrogen-bond donors (Lipinski definition) is 0. The Kier molecular flexibility index (Phi) is 7.64. The molecular weight excluding hydrogens is 480 g/mol. The molecule has 2 aliphatic carbocycles. The van der Waals surface area contributed by atoms with E-state index >= 15 is 8.78 Å². The molecule has 3 aromatic rings. The zero-order valence-corrected chi connectivity index (χ0v) is 21.1. The highest BCUT2D eigenvalue weighted by molar-refractivity contribution is 6.06. The Balaban J connectivity index is 1.35. The fourth-order valence-electron chi connectivity index (χ4n) is 6.70. The van der Waals surface area contributed by atoms with Crippen LogP contribution in [0, 0.1) is 41.0 Å². The van der Waals surface area contributed by atoms with Gasteiger partial charge in [-0.25, -0.2) is 13.2 Å². The van der Waals surface area contributed by atoms with Gasteiger partial charge in [-0.2, -0.15) is 4.39 Å². The van der Waals surface area contributed by atoms with Crippen LogP contribution in [0.1, 0.15) is 75.7 Å². The van der Waals surface area contributed by atoms with Crippen molar-refractivity contribution < 1.29 is 26.7 Å². The van der Waals surface area contributed by atoms with Gasteiger partial charge in [0.1, 0.15) is 17.8 Å². The minimum atomic E-state index is -1.32. The van der Waals surface area contributed by atoms with Gasteiger partial charge in [0, 0.05) is 6.07 Å². The van der Waals surface area contributed by atoms with Gasteiger partial charge in [-0.05, 0) is 86.7 Å². The van der Waals surface area contributed by atoms with Gasteiger partial charge < -0.3 is 9.15 Å². The van der Waals surface area contributed by atoms with E-state index in [9.17, 15) is 8.78 Å². The summed E-state index contributed by atoms with van der Waals surface area (Å²) >= 11 is 0. The summed E-state index contributed by atoms with van der Waals surface area (Å²) in [5.41, 5.74) is 0.193. The zero-order valence-electron chi connectivity index (χ0n) is 21.1. The van der Waals surface area contributed by atoms with Gasteiger partial charge in [0.2, 0.25) is 5.82 Å². The smallest absolute Gasteiger partial charge is 0.201 e. The Labute approximate surface area is 215 Å². The number of allylic oxidation sites excluding steroid dienone is 1. The molecule has 37 heavy (non-hydrogen) atoms. The minimum Gasteiger partial charge on any atom is -0.486 e. The van der Waals surface area contributed by atoms with Crippen LogP contribution in [-0.4, -0.2) is 6.61 Å². The highest BCUT2D eigenvalue weighted by Crippen LogP contribution is 2.46. The number of benzene rings is 2. The molecule has 0 atom stereocenters. The molecule has 2 fully saturated rings. The molecular formula is C31H34F4O2. The normalized spacial score (nSPS) is 24.4. The van der Waals surface area contributed by atoms with Gasteiger partial charge in [0.15, 0.2) is 23.2 Å². The van der Waals surface area contributed by atoms with Crippen LogP contribution in [0.25, 0.3) is 21.9 Å². The van der Waals surface area contributed by atoms with Crippen molar-refractivity contribution in [3.63, 3.8) is 0 Å². The third-order valence-corrected chi connectivity index (χ3v) is 8.71. The molecule has 0 unspecified atom stereocenters. The lowest BCUT2D eigenvalue weighted by Gasteiger charge is -2.38. The molecule has 2 aromatic carbocycles. The second-order valence-corrected chi connectivity index (χ2v) is 10.8. The molecule has 5 rings (SSSR count). The average Bonchev–Trinajstić information content (AvgIpc) is 3.29. The summed E-state index contributed by atoms with van der Waals surface area (Å²) in [4.78, 5) is 0. The number of halogens is 4. The Bertz CT molecular complexity index is 1290. The van der Waals surface area contributed by atoms with Gasteiger partial charge in [-0.3, -0.25) is 0 Å². The highest BCUT2D eigenvalue weighted by atomic mass is 19.2. The molecule has 0 saturated heterocycles. The molecule has 1 heterocycles. The predicted octanol–water partition coefficient (Wildman–Crippen LogP) is 9.75. The largest absolute Gasteiger partial charge is 0.486 e. The van der Waals surface area contributed by atoms with Crippen molar-refractivity contribution in [1.29, 1.82) is 0 Å². The first-order chi connectivity index (χ1) is 17.9. The Morgan fingerprint density at radius 2 is 1.35 bits per heavy atom. The lowest BCUT2D eigenvalue weighted by molar-refractivity contribution is 0.156. The fourth-order valence-corrected chi connectivity index (χ4v) is 6.70. The summed E-state index contributed by atoms with van der Waals surface area (Å²) in [6.07, 6.45) is 14.3. The fraction of sp³-hybridized carbons (Fsp3) is 0.484. The van der Waals surface area contributed by atoms with Crippen LogP contribution < -0.4 is 4.74 Å². The summed E-state index contributed by atoms with van der Waals surface area (Å²) < 4.78 is 70.9. The molecule has 0 radical (unpaired) electrons. The van der Waals surface area contributed by atoms with Crippen molar-refractivity contribution in [2.75, 3.05) is 6.61 Å². The van der Waals surface area contributed by atoms with Gasteiger partial charge in [-0.1, -0.05) is 31.6 Å². The van der Waals surface area contributed by atoms with Crippen molar-refractivity contribution >= 4 is 21.9 Å². The molecule has 0 N–H and O–H groups in total. The van der Waals surface area contributed by atoms with Crippen LogP contribution in [-0.2, 0) is 0 Å². The number of ether oxygens (including phenoxy) is 1. The van der Waals surface area contributed by atoms with Gasteiger partial charge in [-0.15, -0.1) is 6.58 Å². The monoisotopic (exact) mass is 514 g/mol. The Morgan fingerprint density at radius 3 is 1.97 bits per heavy atom. The zero-order chi connectivity index (χ0) is 26.1. The maximum absolute atomic E-state index is 15.3. The van der Waals surface area contributed by atoms with Crippen LogP contribution in [0.5, 0.6) is 5.75 Å². The molecule has 0 aliphatic heterocycles. The van der Waals surface area contributed by atoms with Crippen LogP contribution in [0.4, 0.5) is 17.6 Å². The van der Waals surface area contributed by atoms with Gasteiger partial charge in [0.05, 0.1) is 10.8 Å². The highest BCUT2D eigenvalue weighted by Gasteiger charge is 2.33. The van der Waals surface area contributed by atoms with E-state index in [1.54, 1.807) is 0 Å². The van der Waals surface area contributed by atoms with Crippen LogP contribution >= 0.6 is 0 Å². The SMILES string of the molecule is C=CCCC1CCC(C2CCC(c3cc4oc5cc(OCC=C)c(F)c(F)c5c4c(F)c3F)CC2)CC1. The first-order valence-electron chi connectivity index (χ1n) is 13.5. The van der Waals surface area contributed by atoms with E-state index in [1.807, 2.05) is 6.08 Å². The Hall–Kier alpha value is -2.76. The lowest BCUT2D eigenvalue weighted by atomic mass is 9.68. The van der Waals surface area contributed by atoms with E-state index in [4.69, 9.17) is 9.15 Å². The van der Waals surface area contributed by atoms with Crippen LogP contribution in [0.15, 0.2) is 41.9 Å². The third-order valence-electron chi connectivity index (χ3n) is 8.71. The van der Waals surface area contributed by atoms with E-state index < -0.39 is 28.7 Å². The first-order valence-corrected chi connectivity index (χ1v) is 13.5. The molecule has 2 aliphatic rings. The molecule has 1 aromatic heterocycles. The van der Waals surface area contributed by atoms with Crippen molar-refractivity contribution in [3.8, 4) is 5.75 Å². The van der Waals surface area contributed by atoms with E-state index in [2.05, 4.69) is 13.2 Å². The summed E-state index contributed by atoms with van der Waals surface area (Å²) in [5, 5.41) is -0.779. The minimum absolute atomic E-state index is 0.0167. The van der Waals surface area contributed by atoms with E-state index in [0.717, 1.165) is 43.9 Å². The van der Waals surface area contributed by atoms with Crippen molar-refractivity contribution in [2.45, 2.75) is 70.1 Å². The topological polar surface area (TPSA) is 22.4 Å². The first kappa shape index (κ1) is 25.9. The quantitative estimate of drug-likeness (QED) is 0.220. The Morgan fingerprint density at radius 1 is 0.757 bits per heavy atom. The second-order valence-electron chi connectivity index (χ2n) is 10.8. The molecule has 2 nitrogen and oxygen atoms in total. The maximum atomic E-state index is 15.3. The number of furan rings is 1. The van der Waals surface area contributed by atoms with Crippen LogP contribution in [0.2, 0.25) is 0 Å². The molecule has 198 valence electrons. The number of hydrogen-bond acceptors (Lipinski definition) is 2. The van der Waals surface area contributed by atoms with Crippen molar-refractivity contribution in [1.82, 2.24) is 0 Å². The molecule has 0 spiro atoms. The summed E-state index contributed by atoms with van der Waals surface area (Å²) in [6, 6.07) is 2.65. The molecule has 2 saturated carbocycles. The molecule has 0 amide bonds. The second kappa shape index (κ2) is 10.9. The third kappa shape index (κ3) is 4.92. The predicted molar refractivity (Wildman–Crippen MR) is 139 cm³/mol.